The van der Waals surface area contributed by atoms with Crippen LogP contribution in [0.3, 0.4) is 0 Å². The van der Waals surface area contributed by atoms with Crippen molar-refractivity contribution in [3.05, 3.63) is 22.4 Å². The monoisotopic (exact) mass is 335 g/mol. The smallest absolute Gasteiger partial charge is 0.261 e. The van der Waals surface area contributed by atoms with E-state index in [1.54, 1.807) is 7.11 Å². The van der Waals surface area contributed by atoms with Gasteiger partial charge in [0.05, 0.1) is 22.2 Å². The number of carbonyl (C=O) groups excluding carboxylic acids is 1. The lowest BCUT2D eigenvalue weighted by Gasteiger charge is -2.20. The fraction of sp³-hybridized carbons (Fsp3) is 0.467. The summed E-state index contributed by atoms with van der Waals surface area (Å²) in [7, 11) is 1.61. The first kappa shape index (κ1) is 14.2. The van der Waals surface area contributed by atoms with E-state index in [4.69, 9.17) is 4.74 Å². The molecule has 2 aliphatic rings. The molecule has 0 aliphatic carbocycles. The molecule has 0 unspecified atom stereocenters. The maximum atomic E-state index is 12.4. The first-order valence-electron chi connectivity index (χ1n) is 7.39. The Hall–Kier alpha value is -1.44. The average molecular weight is 335 g/mol. The molecule has 2 aromatic heterocycles. The summed E-state index contributed by atoms with van der Waals surface area (Å²) in [6.07, 6.45) is 3.47. The molecule has 7 heteroatoms. The van der Waals surface area contributed by atoms with Gasteiger partial charge in [-0.25, -0.2) is 4.98 Å². The minimum absolute atomic E-state index is 0.0270. The van der Waals surface area contributed by atoms with E-state index in [9.17, 15) is 4.79 Å². The number of nitrogens with one attached hydrogen (secondary N) is 2. The van der Waals surface area contributed by atoms with E-state index in [2.05, 4.69) is 15.6 Å². The topological polar surface area (TPSA) is 63.2 Å². The van der Waals surface area contributed by atoms with Crippen LogP contribution in [0.2, 0.25) is 0 Å². The lowest BCUT2D eigenvalue weighted by Crippen LogP contribution is -2.42. The number of amides is 1. The summed E-state index contributed by atoms with van der Waals surface area (Å²) in [5.41, 5.74) is 0. The SMILES string of the molecule is COc1csc(-c2ccc(C(=O)N[C@@H]3C[C@H]4CC[C@@H]3N4)s2)n1. The molecule has 2 saturated heterocycles. The lowest BCUT2D eigenvalue weighted by molar-refractivity contribution is 0.0935. The predicted octanol–water partition coefficient (Wildman–Crippen LogP) is 2.50. The first-order chi connectivity index (χ1) is 10.7. The van der Waals surface area contributed by atoms with Crippen molar-refractivity contribution < 1.29 is 9.53 Å². The van der Waals surface area contributed by atoms with Crippen LogP contribution in [-0.2, 0) is 0 Å². The van der Waals surface area contributed by atoms with Crippen LogP contribution in [-0.4, -0.2) is 36.1 Å². The van der Waals surface area contributed by atoms with E-state index >= 15 is 0 Å². The lowest BCUT2D eigenvalue weighted by atomic mass is 9.95. The molecular weight excluding hydrogens is 318 g/mol. The second kappa shape index (κ2) is 5.64. The molecule has 0 saturated carbocycles. The summed E-state index contributed by atoms with van der Waals surface area (Å²) in [6.45, 7) is 0. The zero-order valence-electron chi connectivity index (χ0n) is 12.2. The fourth-order valence-electron chi connectivity index (χ4n) is 3.26. The van der Waals surface area contributed by atoms with Crippen molar-refractivity contribution in [3.63, 3.8) is 0 Å². The molecule has 0 spiro atoms. The summed E-state index contributed by atoms with van der Waals surface area (Å²) in [6, 6.07) is 5.16. The van der Waals surface area contributed by atoms with Crippen molar-refractivity contribution in [1.29, 1.82) is 0 Å². The second-order valence-corrected chi connectivity index (χ2v) is 7.66. The number of aromatic nitrogens is 1. The van der Waals surface area contributed by atoms with E-state index in [0.29, 0.717) is 18.0 Å². The van der Waals surface area contributed by atoms with Crippen LogP contribution in [0.5, 0.6) is 5.88 Å². The number of nitrogens with zero attached hydrogens (tertiary/aromatic N) is 1. The third-order valence-corrected chi connectivity index (χ3v) is 6.42. The summed E-state index contributed by atoms with van der Waals surface area (Å²) in [5, 5.41) is 9.48. The maximum absolute atomic E-state index is 12.4. The Balaban J connectivity index is 1.45. The normalized spacial score (nSPS) is 26.3. The number of hydrogen-bond donors (Lipinski definition) is 2. The van der Waals surface area contributed by atoms with Gasteiger partial charge in [-0.1, -0.05) is 0 Å². The van der Waals surface area contributed by atoms with Crippen molar-refractivity contribution in [1.82, 2.24) is 15.6 Å². The summed E-state index contributed by atoms with van der Waals surface area (Å²) in [4.78, 5) is 18.5. The van der Waals surface area contributed by atoms with Gasteiger partial charge < -0.3 is 15.4 Å². The molecule has 116 valence electrons. The van der Waals surface area contributed by atoms with E-state index in [0.717, 1.165) is 21.2 Å². The Labute approximate surface area is 136 Å². The van der Waals surface area contributed by atoms with Gasteiger partial charge in [-0.05, 0) is 31.4 Å². The summed E-state index contributed by atoms with van der Waals surface area (Å²) >= 11 is 3.01. The number of rotatable bonds is 4. The van der Waals surface area contributed by atoms with Crippen LogP contribution in [0, 0.1) is 0 Å². The molecule has 2 fully saturated rings. The fourth-order valence-corrected chi connectivity index (χ4v) is 5.02. The minimum Gasteiger partial charge on any atom is -0.480 e. The molecule has 4 rings (SSSR count). The highest BCUT2D eigenvalue weighted by Crippen LogP contribution is 2.33. The van der Waals surface area contributed by atoms with Crippen LogP contribution in [0.25, 0.3) is 9.88 Å². The van der Waals surface area contributed by atoms with Crippen LogP contribution in [0.4, 0.5) is 0 Å². The third-order valence-electron chi connectivity index (χ3n) is 4.35. The molecule has 4 heterocycles. The average Bonchev–Trinajstić information content (AvgIpc) is 3.28. The number of ether oxygens (including phenoxy) is 1. The Morgan fingerprint density at radius 3 is 3.05 bits per heavy atom. The molecular formula is C15H17N3O2S2. The Morgan fingerprint density at radius 1 is 1.45 bits per heavy atom. The number of thiophene rings is 1. The molecule has 3 atom stereocenters. The van der Waals surface area contributed by atoms with Crippen molar-refractivity contribution in [2.24, 2.45) is 0 Å². The number of fused-ring (bicyclic) bond motifs is 2. The molecule has 5 nitrogen and oxygen atoms in total. The van der Waals surface area contributed by atoms with E-state index in [1.807, 2.05) is 17.5 Å². The van der Waals surface area contributed by atoms with E-state index in [1.165, 1.54) is 35.5 Å². The highest BCUT2D eigenvalue weighted by molar-refractivity contribution is 7.22. The standard InChI is InChI=1S/C15H17N3O2S2/c1-20-13-7-21-15(18-13)12-5-4-11(22-12)14(19)17-10-6-8-2-3-9(10)16-8/h4-5,7-10,16H,2-3,6H2,1H3,(H,17,19)/t8-,9+,10-/m1/s1. The number of thiazole rings is 1. The van der Waals surface area contributed by atoms with Gasteiger partial charge in [0.15, 0.2) is 0 Å². The molecule has 2 N–H and O–H groups in total. The molecule has 2 bridgehead atoms. The van der Waals surface area contributed by atoms with Crippen molar-refractivity contribution in [3.8, 4) is 15.8 Å². The van der Waals surface area contributed by atoms with Gasteiger partial charge in [0.2, 0.25) is 5.88 Å². The summed E-state index contributed by atoms with van der Waals surface area (Å²) in [5.74, 6) is 0.645. The van der Waals surface area contributed by atoms with Crippen molar-refractivity contribution in [2.45, 2.75) is 37.4 Å². The van der Waals surface area contributed by atoms with Gasteiger partial charge in [-0.3, -0.25) is 4.79 Å². The zero-order valence-corrected chi connectivity index (χ0v) is 13.8. The highest BCUT2D eigenvalue weighted by Gasteiger charge is 2.39. The van der Waals surface area contributed by atoms with E-state index in [-0.39, 0.29) is 11.9 Å². The van der Waals surface area contributed by atoms with Crippen LogP contribution < -0.4 is 15.4 Å². The maximum Gasteiger partial charge on any atom is 0.261 e. The third kappa shape index (κ3) is 2.53. The van der Waals surface area contributed by atoms with Gasteiger partial charge in [0.1, 0.15) is 5.01 Å². The quantitative estimate of drug-likeness (QED) is 0.901. The first-order valence-corrected chi connectivity index (χ1v) is 9.09. The predicted molar refractivity (Wildman–Crippen MR) is 87.8 cm³/mol. The minimum atomic E-state index is 0.0270. The van der Waals surface area contributed by atoms with Gasteiger partial charge >= 0.3 is 0 Å². The molecule has 0 radical (unpaired) electrons. The van der Waals surface area contributed by atoms with Gasteiger partial charge in [-0.2, -0.15) is 0 Å². The van der Waals surface area contributed by atoms with E-state index < -0.39 is 0 Å². The zero-order chi connectivity index (χ0) is 15.1. The number of methoxy groups -OCH3 is 1. The number of hydrogen-bond acceptors (Lipinski definition) is 6. The van der Waals surface area contributed by atoms with Crippen LogP contribution >= 0.6 is 22.7 Å². The molecule has 22 heavy (non-hydrogen) atoms. The molecule has 2 aliphatic heterocycles. The van der Waals surface area contributed by atoms with Crippen molar-refractivity contribution >= 4 is 28.6 Å². The molecule has 0 aromatic carbocycles. The van der Waals surface area contributed by atoms with Gasteiger partial charge in [0, 0.05) is 18.1 Å². The summed E-state index contributed by atoms with van der Waals surface area (Å²) < 4.78 is 5.11. The second-order valence-electron chi connectivity index (χ2n) is 5.72. The van der Waals surface area contributed by atoms with Crippen LogP contribution in [0.15, 0.2) is 17.5 Å². The Morgan fingerprint density at radius 2 is 2.36 bits per heavy atom. The Bertz CT molecular complexity index is 697. The molecule has 1 amide bonds. The molecule has 2 aromatic rings. The van der Waals surface area contributed by atoms with Gasteiger partial charge in [0.25, 0.3) is 5.91 Å². The van der Waals surface area contributed by atoms with Gasteiger partial charge in [-0.15, -0.1) is 22.7 Å². The number of carbonyl (C=O) groups is 1. The van der Waals surface area contributed by atoms with Crippen molar-refractivity contribution in [2.75, 3.05) is 7.11 Å². The highest BCUT2D eigenvalue weighted by atomic mass is 32.1. The largest absolute Gasteiger partial charge is 0.480 e. The van der Waals surface area contributed by atoms with Crippen LogP contribution in [0.1, 0.15) is 28.9 Å². The Kier molecular flexibility index (Phi) is 3.63.